The Bertz CT molecular complexity index is 291. The summed E-state index contributed by atoms with van der Waals surface area (Å²) in [6, 6.07) is 0. The van der Waals surface area contributed by atoms with Gasteiger partial charge >= 0.3 is 0 Å². The number of likely N-dealkylation sites (N-methyl/N-ethyl adjacent to an activating group) is 1. The summed E-state index contributed by atoms with van der Waals surface area (Å²) in [4.78, 5) is 16.6. The first kappa shape index (κ1) is 16.4. The molecule has 0 aromatic rings. The number of hydrogen-bond acceptors (Lipinski definition) is 3. The largest absolute Gasteiger partial charge is 0.341 e. The van der Waals surface area contributed by atoms with Gasteiger partial charge in [-0.3, -0.25) is 9.69 Å². The van der Waals surface area contributed by atoms with E-state index in [1.807, 2.05) is 4.90 Å². The fourth-order valence-corrected chi connectivity index (χ4v) is 2.66. The van der Waals surface area contributed by atoms with E-state index in [-0.39, 0.29) is 11.3 Å². The highest BCUT2D eigenvalue weighted by atomic mass is 16.2. The van der Waals surface area contributed by atoms with Crippen LogP contribution in [0.25, 0.3) is 0 Å². The number of nitrogens with two attached hydrogens (primary N) is 1. The van der Waals surface area contributed by atoms with Crippen molar-refractivity contribution in [3.63, 3.8) is 0 Å². The van der Waals surface area contributed by atoms with Crippen LogP contribution in [0.3, 0.4) is 0 Å². The monoisotopic (exact) mass is 269 g/mol. The lowest BCUT2D eigenvalue weighted by Crippen LogP contribution is -2.47. The molecule has 112 valence electrons. The minimum atomic E-state index is 0.0749. The minimum Gasteiger partial charge on any atom is -0.341 e. The van der Waals surface area contributed by atoms with Gasteiger partial charge in [-0.2, -0.15) is 0 Å². The van der Waals surface area contributed by atoms with E-state index in [1.54, 1.807) is 0 Å². The van der Waals surface area contributed by atoms with E-state index < -0.39 is 0 Å². The average Bonchev–Trinajstić information content (AvgIpc) is 2.37. The molecule has 1 heterocycles. The lowest BCUT2D eigenvalue weighted by atomic mass is 9.93. The Labute approximate surface area is 118 Å². The Hall–Kier alpha value is -0.610. The second kappa shape index (κ2) is 7.25. The molecule has 1 amide bonds. The zero-order chi connectivity index (χ0) is 14.5. The average molecular weight is 269 g/mol. The molecule has 4 nitrogen and oxygen atoms in total. The number of amides is 1. The molecule has 1 atom stereocenters. The number of carbonyl (C=O) groups excluding carboxylic acids is 1. The quantitative estimate of drug-likeness (QED) is 0.796. The predicted octanol–water partition coefficient (Wildman–Crippen LogP) is 1.55. The lowest BCUT2D eigenvalue weighted by molar-refractivity contribution is -0.134. The zero-order valence-corrected chi connectivity index (χ0v) is 13.1. The zero-order valence-electron chi connectivity index (χ0n) is 13.1. The molecule has 0 aromatic heterocycles. The van der Waals surface area contributed by atoms with Gasteiger partial charge in [-0.05, 0) is 37.3 Å². The van der Waals surface area contributed by atoms with Crippen LogP contribution in [0.4, 0.5) is 0 Å². The molecule has 0 aliphatic carbocycles. The molecule has 1 aliphatic rings. The Balaban J connectivity index is 2.48. The fourth-order valence-electron chi connectivity index (χ4n) is 2.66. The molecule has 1 fully saturated rings. The molecule has 4 heteroatoms. The van der Waals surface area contributed by atoms with E-state index in [0.29, 0.717) is 19.0 Å². The highest BCUT2D eigenvalue weighted by Gasteiger charge is 2.25. The third-order valence-electron chi connectivity index (χ3n) is 4.02. The Kier molecular flexibility index (Phi) is 6.27. The molecular formula is C15H31N3O. The molecule has 1 rings (SSSR count). The molecule has 1 aliphatic heterocycles. The number of carbonyl (C=O) groups is 1. The summed E-state index contributed by atoms with van der Waals surface area (Å²) in [5.74, 6) is 0.925. The summed E-state index contributed by atoms with van der Waals surface area (Å²) in [5.41, 5.74) is 5.85. The summed E-state index contributed by atoms with van der Waals surface area (Å²) in [7, 11) is 0. The normalized spacial score (nSPS) is 20.9. The summed E-state index contributed by atoms with van der Waals surface area (Å²) in [5, 5.41) is 0. The van der Waals surface area contributed by atoms with Crippen molar-refractivity contribution in [3.05, 3.63) is 0 Å². The number of nitrogens with zero attached hydrogens (tertiary/aromatic N) is 2. The number of rotatable bonds is 6. The van der Waals surface area contributed by atoms with E-state index in [0.717, 1.165) is 32.6 Å². The van der Waals surface area contributed by atoms with Gasteiger partial charge < -0.3 is 10.6 Å². The Morgan fingerprint density at radius 3 is 2.68 bits per heavy atom. The molecule has 0 bridgehead atoms. The number of piperidine rings is 1. The van der Waals surface area contributed by atoms with Crippen LogP contribution in [0.1, 0.15) is 40.5 Å². The SMILES string of the molecule is CCN(CC(=O)N1CCCC(C)C1)CC(C)(C)CN. The van der Waals surface area contributed by atoms with E-state index in [1.165, 1.54) is 6.42 Å². The van der Waals surface area contributed by atoms with Crippen LogP contribution in [0, 0.1) is 11.3 Å². The highest BCUT2D eigenvalue weighted by Crippen LogP contribution is 2.17. The minimum absolute atomic E-state index is 0.0749. The van der Waals surface area contributed by atoms with Gasteiger partial charge in [0.1, 0.15) is 0 Å². The van der Waals surface area contributed by atoms with E-state index in [9.17, 15) is 4.79 Å². The third kappa shape index (κ3) is 5.49. The van der Waals surface area contributed by atoms with Crippen LogP contribution >= 0.6 is 0 Å². The van der Waals surface area contributed by atoms with Crippen molar-refractivity contribution in [1.82, 2.24) is 9.80 Å². The van der Waals surface area contributed by atoms with Gasteiger partial charge in [-0.15, -0.1) is 0 Å². The molecular weight excluding hydrogens is 238 g/mol. The predicted molar refractivity (Wildman–Crippen MR) is 79.9 cm³/mol. The van der Waals surface area contributed by atoms with Gasteiger partial charge in [0, 0.05) is 19.6 Å². The van der Waals surface area contributed by atoms with Crippen LogP contribution < -0.4 is 5.73 Å². The van der Waals surface area contributed by atoms with Gasteiger partial charge in [0.05, 0.1) is 6.54 Å². The van der Waals surface area contributed by atoms with Crippen LogP contribution in [-0.2, 0) is 4.79 Å². The maximum atomic E-state index is 12.3. The Morgan fingerprint density at radius 2 is 2.16 bits per heavy atom. The van der Waals surface area contributed by atoms with Gasteiger partial charge in [-0.25, -0.2) is 0 Å². The van der Waals surface area contributed by atoms with Crippen molar-refractivity contribution in [2.75, 3.05) is 39.3 Å². The molecule has 0 aromatic carbocycles. The van der Waals surface area contributed by atoms with Crippen LogP contribution in [0.2, 0.25) is 0 Å². The van der Waals surface area contributed by atoms with Gasteiger partial charge in [-0.1, -0.05) is 27.7 Å². The Morgan fingerprint density at radius 1 is 1.47 bits per heavy atom. The van der Waals surface area contributed by atoms with Crippen LogP contribution in [-0.4, -0.2) is 55.0 Å². The third-order valence-corrected chi connectivity index (χ3v) is 4.02. The van der Waals surface area contributed by atoms with E-state index in [4.69, 9.17) is 5.73 Å². The van der Waals surface area contributed by atoms with Gasteiger partial charge in [0.25, 0.3) is 0 Å². The highest BCUT2D eigenvalue weighted by molar-refractivity contribution is 5.78. The first-order chi connectivity index (χ1) is 8.88. The van der Waals surface area contributed by atoms with Crippen LogP contribution in [0.15, 0.2) is 0 Å². The second-order valence-electron chi connectivity index (χ2n) is 6.76. The maximum Gasteiger partial charge on any atom is 0.236 e. The van der Waals surface area contributed by atoms with Crippen molar-refractivity contribution in [1.29, 1.82) is 0 Å². The molecule has 0 spiro atoms. The van der Waals surface area contributed by atoms with Crippen molar-refractivity contribution in [2.45, 2.75) is 40.5 Å². The maximum absolute atomic E-state index is 12.3. The summed E-state index contributed by atoms with van der Waals surface area (Å²) in [6.45, 7) is 13.5. The lowest BCUT2D eigenvalue weighted by Gasteiger charge is -2.35. The first-order valence-electron chi connectivity index (χ1n) is 7.58. The molecule has 19 heavy (non-hydrogen) atoms. The topological polar surface area (TPSA) is 49.6 Å². The van der Waals surface area contributed by atoms with Crippen molar-refractivity contribution >= 4 is 5.91 Å². The smallest absolute Gasteiger partial charge is 0.236 e. The summed E-state index contributed by atoms with van der Waals surface area (Å²) >= 11 is 0. The van der Waals surface area contributed by atoms with E-state index >= 15 is 0 Å². The molecule has 2 N–H and O–H groups in total. The molecule has 0 saturated carbocycles. The van der Waals surface area contributed by atoms with Crippen molar-refractivity contribution in [2.24, 2.45) is 17.1 Å². The van der Waals surface area contributed by atoms with Gasteiger partial charge in [0.15, 0.2) is 0 Å². The first-order valence-corrected chi connectivity index (χ1v) is 7.58. The molecule has 0 radical (unpaired) electrons. The second-order valence-corrected chi connectivity index (χ2v) is 6.76. The van der Waals surface area contributed by atoms with E-state index in [2.05, 4.69) is 32.6 Å². The molecule has 1 saturated heterocycles. The molecule has 1 unspecified atom stereocenters. The summed E-state index contributed by atoms with van der Waals surface area (Å²) in [6.07, 6.45) is 2.40. The van der Waals surface area contributed by atoms with Gasteiger partial charge in [0.2, 0.25) is 5.91 Å². The van der Waals surface area contributed by atoms with Crippen molar-refractivity contribution in [3.8, 4) is 0 Å². The fraction of sp³-hybridized carbons (Fsp3) is 0.933. The standard InChI is InChI=1S/C15H31N3O/c1-5-17(12-15(3,4)11-16)10-14(19)18-8-6-7-13(2)9-18/h13H,5-12,16H2,1-4H3. The number of hydrogen-bond donors (Lipinski definition) is 1. The summed E-state index contributed by atoms with van der Waals surface area (Å²) < 4.78 is 0. The van der Waals surface area contributed by atoms with Crippen LogP contribution in [0.5, 0.6) is 0 Å². The van der Waals surface area contributed by atoms with Crippen molar-refractivity contribution < 1.29 is 4.79 Å². The number of likely N-dealkylation sites (tertiary alicyclic amines) is 1.